The smallest absolute Gasteiger partial charge is 0.159 e. The second-order valence-corrected chi connectivity index (χ2v) is 4.94. The fourth-order valence-corrected chi connectivity index (χ4v) is 2.72. The lowest BCUT2D eigenvalue weighted by Crippen LogP contribution is -2.50. The van der Waals surface area contributed by atoms with Gasteiger partial charge >= 0.3 is 0 Å². The number of Topliss-reactive ketones (excluding diaryl/α,β-unsaturated/α-hetero) is 1. The van der Waals surface area contributed by atoms with Crippen molar-refractivity contribution in [1.82, 2.24) is 0 Å². The van der Waals surface area contributed by atoms with Crippen molar-refractivity contribution in [2.45, 2.75) is 38.6 Å². The van der Waals surface area contributed by atoms with Gasteiger partial charge in [-0.25, -0.2) is 0 Å². The predicted molar refractivity (Wildman–Crippen MR) is 65.1 cm³/mol. The number of carbonyl (C=O) groups is 1. The highest BCUT2D eigenvalue weighted by molar-refractivity contribution is 5.92. The maximum Gasteiger partial charge on any atom is 0.159 e. The van der Waals surface area contributed by atoms with Gasteiger partial charge in [0.25, 0.3) is 0 Å². The predicted octanol–water partition coefficient (Wildman–Crippen LogP) is 2.54. The second kappa shape index (κ2) is 4.02. The third-order valence-corrected chi connectivity index (χ3v) is 3.72. The zero-order valence-electron chi connectivity index (χ0n) is 9.99. The molecule has 0 bridgehead atoms. The van der Waals surface area contributed by atoms with Crippen molar-refractivity contribution >= 4 is 5.78 Å². The van der Waals surface area contributed by atoms with Crippen LogP contribution < -0.4 is 5.73 Å². The molecule has 0 aromatic heterocycles. The van der Waals surface area contributed by atoms with Gasteiger partial charge in [-0.1, -0.05) is 37.6 Å². The minimum Gasteiger partial charge on any atom is -0.315 e. The third-order valence-electron chi connectivity index (χ3n) is 3.72. The average molecular weight is 217 g/mol. The van der Waals surface area contributed by atoms with E-state index in [9.17, 15) is 4.79 Å². The molecule has 0 spiro atoms. The number of rotatable bonds is 1. The molecule has 1 fully saturated rings. The number of hydrogen-bond donors (Lipinski definition) is 1. The van der Waals surface area contributed by atoms with Crippen LogP contribution in [0.3, 0.4) is 0 Å². The SMILES string of the molecule is Cc1ccccc1C1(N)CCCC(C)C1=O. The maximum absolute atomic E-state index is 12.3. The molecule has 2 N–H and O–H groups in total. The molecular weight excluding hydrogens is 198 g/mol. The lowest BCUT2D eigenvalue weighted by atomic mass is 9.71. The van der Waals surface area contributed by atoms with Crippen molar-refractivity contribution in [1.29, 1.82) is 0 Å². The summed E-state index contributed by atoms with van der Waals surface area (Å²) in [5.74, 6) is 0.298. The molecule has 1 aromatic carbocycles. The minimum absolute atomic E-state index is 0.0957. The first-order valence-electron chi connectivity index (χ1n) is 5.95. The molecule has 1 aromatic rings. The Balaban J connectivity index is 2.45. The Kier molecular flexibility index (Phi) is 2.85. The van der Waals surface area contributed by atoms with Crippen LogP contribution in [0.2, 0.25) is 0 Å². The normalized spacial score (nSPS) is 30.4. The number of benzene rings is 1. The average Bonchev–Trinajstić information content (AvgIpc) is 2.26. The van der Waals surface area contributed by atoms with Crippen molar-refractivity contribution < 1.29 is 4.79 Å². The highest BCUT2D eigenvalue weighted by atomic mass is 16.1. The van der Waals surface area contributed by atoms with Crippen molar-refractivity contribution in [2.75, 3.05) is 0 Å². The maximum atomic E-state index is 12.3. The summed E-state index contributed by atoms with van der Waals surface area (Å²) in [6.45, 7) is 4.01. The first kappa shape index (κ1) is 11.3. The van der Waals surface area contributed by atoms with Crippen LogP contribution in [0.15, 0.2) is 24.3 Å². The quantitative estimate of drug-likeness (QED) is 0.785. The zero-order valence-corrected chi connectivity index (χ0v) is 9.99. The minimum atomic E-state index is -0.747. The first-order chi connectivity index (χ1) is 7.55. The summed E-state index contributed by atoms with van der Waals surface area (Å²) in [4.78, 5) is 12.3. The zero-order chi connectivity index (χ0) is 11.8. The highest BCUT2D eigenvalue weighted by Crippen LogP contribution is 2.36. The van der Waals surface area contributed by atoms with Crippen molar-refractivity contribution in [3.05, 3.63) is 35.4 Å². The van der Waals surface area contributed by atoms with Crippen molar-refractivity contribution in [3.8, 4) is 0 Å². The van der Waals surface area contributed by atoms with E-state index >= 15 is 0 Å². The summed E-state index contributed by atoms with van der Waals surface area (Å²) in [6.07, 6.45) is 2.79. The molecule has 0 radical (unpaired) electrons. The molecule has 1 aliphatic rings. The van der Waals surface area contributed by atoms with Gasteiger partial charge < -0.3 is 5.73 Å². The molecule has 0 amide bonds. The summed E-state index contributed by atoms with van der Waals surface area (Å²) in [5.41, 5.74) is 7.74. The van der Waals surface area contributed by atoms with E-state index in [2.05, 4.69) is 0 Å². The molecule has 0 saturated heterocycles. The largest absolute Gasteiger partial charge is 0.315 e. The van der Waals surface area contributed by atoms with Gasteiger partial charge in [0.05, 0.1) is 0 Å². The Morgan fingerprint density at radius 3 is 2.75 bits per heavy atom. The van der Waals surface area contributed by atoms with Gasteiger partial charge in [0.15, 0.2) is 5.78 Å². The van der Waals surface area contributed by atoms with Crippen LogP contribution in [0.5, 0.6) is 0 Å². The van der Waals surface area contributed by atoms with Gasteiger partial charge in [-0.05, 0) is 30.9 Å². The van der Waals surface area contributed by atoms with Crippen LogP contribution in [-0.2, 0) is 10.3 Å². The molecule has 2 nitrogen and oxygen atoms in total. The van der Waals surface area contributed by atoms with E-state index in [-0.39, 0.29) is 11.7 Å². The molecule has 16 heavy (non-hydrogen) atoms. The molecule has 1 saturated carbocycles. The third kappa shape index (κ3) is 1.67. The molecular formula is C14H19NO. The Hall–Kier alpha value is -1.15. The van der Waals surface area contributed by atoms with E-state index in [1.807, 2.05) is 38.1 Å². The summed E-state index contributed by atoms with van der Waals surface area (Å²) in [5, 5.41) is 0. The van der Waals surface area contributed by atoms with E-state index in [4.69, 9.17) is 5.73 Å². The van der Waals surface area contributed by atoms with E-state index in [0.29, 0.717) is 0 Å². The molecule has 1 aliphatic carbocycles. The fraction of sp³-hybridized carbons (Fsp3) is 0.500. The monoisotopic (exact) mass is 217 g/mol. The molecule has 0 aliphatic heterocycles. The molecule has 2 unspecified atom stereocenters. The van der Waals surface area contributed by atoms with Gasteiger partial charge in [0.2, 0.25) is 0 Å². The summed E-state index contributed by atoms with van der Waals surface area (Å²) < 4.78 is 0. The van der Waals surface area contributed by atoms with Gasteiger partial charge in [0.1, 0.15) is 5.54 Å². The van der Waals surface area contributed by atoms with Crippen LogP contribution in [0.25, 0.3) is 0 Å². The van der Waals surface area contributed by atoms with Gasteiger partial charge in [-0.3, -0.25) is 4.79 Å². The summed E-state index contributed by atoms with van der Waals surface area (Å²) in [7, 11) is 0. The van der Waals surface area contributed by atoms with E-state index in [0.717, 1.165) is 30.4 Å². The van der Waals surface area contributed by atoms with Crippen molar-refractivity contribution in [3.63, 3.8) is 0 Å². The van der Waals surface area contributed by atoms with Crippen LogP contribution in [0, 0.1) is 12.8 Å². The van der Waals surface area contributed by atoms with Crippen molar-refractivity contribution in [2.24, 2.45) is 11.7 Å². The molecule has 2 atom stereocenters. The molecule has 2 heteroatoms. The number of nitrogens with two attached hydrogens (primary N) is 1. The summed E-state index contributed by atoms with van der Waals surface area (Å²) in [6, 6.07) is 7.96. The molecule has 0 heterocycles. The van der Waals surface area contributed by atoms with Gasteiger partial charge in [0, 0.05) is 5.92 Å². The standard InChI is InChI=1S/C14H19NO/c1-10-6-3-4-8-12(10)14(15)9-5-7-11(2)13(14)16/h3-4,6,8,11H,5,7,9,15H2,1-2H3. The van der Waals surface area contributed by atoms with E-state index < -0.39 is 5.54 Å². The lowest BCUT2D eigenvalue weighted by molar-refractivity contribution is -0.130. The number of hydrogen-bond acceptors (Lipinski definition) is 2. The first-order valence-corrected chi connectivity index (χ1v) is 5.95. The Bertz CT molecular complexity index is 413. The number of ketones is 1. The lowest BCUT2D eigenvalue weighted by Gasteiger charge is -2.36. The Morgan fingerprint density at radius 2 is 2.06 bits per heavy atom. The topological polar surface area (TPSA) is 43.1 Å². The number of carbonyl (C=O) groups excluding carboxylic acids is 1. The van der Waals surface area contributed by atoms with Crippen LogP contribution in [0.4, 0.5) is 0 Å². The van der Waals surface area contributed by atoms with Crippen LogP contribution >= 0.6 is 0 Å². The van der Waals surface area contributed by atoms with E-state index in [1.165, 1.54) is 0 Å². The van der Waals surface area contributed by atoms with Crippen LogP contribution in [-0.4, -0.2) is 5.78 Å². The van der Waals surface area contributed by atoms with Crippen LogP contribution in [0.1, 0.15) is 37.3 Å². The highest BCUT2D eigenvalue weighted by Gasteiger charge is 2.41. The Labute approximate surface area is 96.8 Å². The number of aryl methyl sites for hydroxylation is 1. The van der Waals surface area contributed by atoms with Gasteiger partial charge in [-0.2, -0.15) is 0 Å². The van der Waals surface area contributed by atoms with Gasteiger partial charge in [-0.15, -0.1) is 0 Å². The van der Waals surface area contributed by atoms with E-state index in [1.54, 1.807) is 0 Å². The fourth-order valence-electron chi connectivity index (χ4n) is 2.72. The Morgan fingerprint density at radius 1 is 1.38 bits per heavy atom. The molecule has 86 valence electrons. The molecule has 2 rings (SSSR count). The summed E-state index contributed by atoms with van der Waals surface area (Å²) >= 11 is 0. The second-order valence-electron chi connectivity index (χ2n) is 4.94.